The lowest BCUT2D eigenvalue weighted by atomic mass is 10.0. The zero-order valence-corrected chi connectivity index (χ0v) is 15.9. The molecule has 2 heterocycles. The van der Waals surface area contributed by atoms with Crippen LogP contribution >= 0.6 is 12.4 Å². The maximum absolute atomic E-state index is 12.4. The molecule has 0 bridgehead atoms. The number of ketones is 1. The summed E-state index contributed by atoms with van der Waals surface area (Å²) in [5.74, 6) is 1.65. The standard InChI is InChI=1S/C19H29N3O2.ClH/c1-21-9-11-22(12-10-21)14-19(23)17-4-6-18(7-5-17)24-15-16-3-2-8-20-13-16;/h4-7,16,20H,2-3,8-15H2,1H3;1H. The van der Waals surface area contributed by atoms with E-state index in [2.05, 4.69) is 22.2 Å². The fourth-order valence-electron chi connectivity index (χ4n) is 3.32. The Kier molecular flexibility index (Phi) is 8.16. The quantitative estimate of drug-likeness (QED) is 0.778. The summed E-state index contributed by atoms with van der Waals surface area (Å²) >= 11 is 0. The van der Waals surface area contributed by atoms with Crippen LogP contribution in [0.15, 0.2) is 24.3 Å². The molecule has 0 radical (unpaired) electrons. The summed E-state index contributed by atoms with van der Waals surface area (Å²) in [7, 11) is 2.13. The van der Waals surface area contributed by atoms with Crippen LogP contribution in [0.5, 0.6) is 5.75 Å². The van der Waals surface area contributed by atoms with E-state index in [1.807, 2.05) is 24.3 Å². The summed E-state index contributed by atoms with van der Waals surface area (Å²) in [4.78, 5) is 16.9. The van der Waals surface area contributed by atoms with Gasteiger partial charge in [-0.15, -0.1) is 12.4 Å². The maximum atomic E-state index is 12.4. The van der Waals surface area contributed by atoms with Gasteiger partial charge in [-0.3, -0.25) is 9.69 Å². The number of nitrogens with zero attached hydrogens (tertiary/aromatic N) is 2. The molecule has 2 fully saturated rings. The smallest absolute Gasteiger partial charge is 0.176 e. The molecule has 5 nitrogen and oxygen atoms in total. The van der Waals surface area contributed by atoms with Gasteiger partial charge in [0.05, 0.1) is 13.2 Å². The van der Waals surface area contributed by atoms with Crippen LogP contribution < -0.4 is 10.1 Å². The zero-order valence-electron chi connectivity index (χ0n) is 15.1. The number of benzene rings is 1. The lowest BCUT2D eigenvalue weighted by molar-refractivity contribution is 0.0876. The molecule has 6 heteroatoms. The zero-order chi connectivity index (χ0) is 16.8. The molecule has 0 saturated carbocycles. The molecule has 25 heavy (non-hydrogen) atoms. The van der Waals surface area contributed by atoms with Gasteiger partial charge in [-0.1, -0.05) is 0 Å². The van der Waals surface area contributed by atoms with Gasteiger partial charge in [0.25, 0.3) is 0 Å². The Hall–Kier alpha value is -1.14. The molecule has 2 aliphatic heterocycles. The third-order valence-electron chi connectivity index (χ3n) is 5.02. The van der Waals surface area contributed by atoms with Crippen LogP contribution in [0.2, 0.25) is 0 Å². The van der Waals surface area contributed by atoms with Crippen LogP contribution in [-0.2, 0) is 0 Å². The highest BCUT2D eigenvalue weighted by Gasteiger charge is 2.17. The molecule has 1 aromatic rings. The fourth-order valence-corrected chi connectivity index (χ4v) is 3.32. The minimum absolute atomic E-state index is 0. The van der Waals surface area contributed by atoms with Gasteiger partial charge in [-0.2, -0.15) is 0 Å². The number of rotatable bonds is 6. The minimum atomic E-state index is 0. The average molecular weight is 368 g/mol. The van der Waals surface area contributed by atoms with Crippen LogP contribution in [0.4, 0.5) is 0 Å². The van der Waals surface area contributed by atoms with Gasteiger partial charge in [0.1, 0.15) is 5.75 Å². The van der Waals surface area contributed by atoms with E-state index < -0.39 is 0 Å². The van der Waals surface area contributed by atoms with Crippen molar-refractivity contribution in [3.63, 3.8) is 0 Å². The Bertz CT molecular complexity index is 524. The normalized spacial score (nSPS) is 22.2. The van der Waals surface area contributed by atoms with Crippen molar-refractivity contribution >= 4 is 18.2 Å². The number of carbonyl (C=O) groups is 1. The number of ether oxygens (including phenoxy) is 1. The van der Waals surface area contributed by atoms with Gasteiger partial charge >= 0.3 is 0 Å². The number of nitrogens with one attached hydrogen (secondary N) is 1. The molecule has 0 amide bonds. The third kappa shape index (κ3) is 6.26. The molecule has 3 rings (SSSR count). The summed E-state index contributed by atoms with van der Waals surface area (Å²) in [5.41, 5.74) is 0.778. The molecule has 2 saturated heterocycles. The number of hydrogen-bond acceptors (Lipinski definition) is 5. The second-order valence-electron chi connectivity index (χ2n) is 7.05. The summed E-state index contributed by atoms with van der Waals surface area (Å²) in [5, 5.41) is 3.40. The van der Waals surface area contributed by atoms with Crippen LogP contribution in [0.3, 0.4) is 0 Å². The second kappa shape index (κ2) is 10.1. The Balaban J connectivity index is 0.00000225. The minimum Gasteiger partial charge on any atom is -0.493 e. The largest absolute Gasteiger partial charge is 0.493 e. The van der Waals surface area contributed by atoms with E-state index in [0.717, 1.165) is 57.2 Å². The van der Waals surface area contributed by atoms with E-state index >= 15 is 0 Å². The first-order chi connectivity index (χ1) is 11.7. The summed E-state index contributed by atoms with van der Waals surface area (Å²) in [6.45, 7) is 7.45. The number of hydrogen-bond donors (Lipinski definition) is 1. The first-order valence-electron chi connectivity index (χ1n) is 9.08. The molecule has 1 aromatic carbocycles. The van der Waals surface area contributed by atoms with Crippen molar-refractivity contribution in [3.8, 4) is 5.75 Å². The highest BCUT2D eigenvalue weighted by atomic mass is 35.5. The molecule has 0 spiro atoms. The molecule has 0 aromatic heterocycles. The van der Waals surface area contributed by atoms with Gasteiger partial charge in [0.15, 0.2) is 5.78 Å². The van der Waals surface area contributed by atoms with Crippen LogP contribution in [0.25, 0.3) is 0 Å². The average Bonchev–Trinajstić information content (AvgIpc) is 2.63. The molecule has 1 N–H and O–H groups in total. The molecule has 1 unspecified atom stereocenters. The van der Waals surface area contributed by atoms with Gasteiger partial charge in [0, 0.05) is 44.2 Å². The van der Waals surface area contributed by atoms with Crippen molar-refractivity contribution < 1.29 is 9.53 Å². The lowest BCUT2D eigenvalue weighted by Crippen LogP contribution is -2.46. The number of piperazine rings is 1. The maximum Gasteiger partial charge on any atom is 0.176 e. The van der Waals surface area contributed by atoms with Crippen LogP contribution in [-0.4, -0.2) is 75.1 Å². The molecular formula is C19H30ClN3O2. The van der Waals surface area contributed by atoms with Crippen LogP contribution in [0, 0.1) is 5.92 Å². The van der Waals surface area contributed by atoms with E-state index in [0.29, 0.717) is 12.5 Å². The van der Waals surface area contributed by atoms with E-state index in [1.54, 1.807) is 0 Å². The first-order valence-corrected chi connectivity index (χ1v) is 9.08. The highest BCUT2D eigenvalue weighted by molar-refractivity contribution is 5.97. The van der Waals surface area contributed by atoms with Gasteiger partial charge in [-0.05, 0) is 50.7 Å². The fraction of sp³-hybridized carbons (Fsp3) is 0.632. The highest BCUT2D eigenvalue weighted by Crippen LogP contribution is 2.16. The number of piperidine rings is 1. The van der Waals surface area contributed by atoms with Crippen molar-refractivity contribution in [2.75, 3.05) is 59.5 Å². The predicted octanol–water partition coefficient (Wildman–Crippen LogP) is 1.92. The van der Waals surface area contributed by atoms with Crippen molar-refractivity contribution in [2.45, 2.75) is 12.8 Å². The number of likely N-dealkylation sites (N-methyl/N-ethyl adjacent to an activating group) is 1. The number of halogens is 1. The Labute approximate surface area is 157 Å². The second-order valence-corrected chi connectivity index (χ2v) is 7.05. The van der Waals surface area contributed by atoms with Gasteiger partial charge in [-0.25, -0.2) is 0 Å². The SMILES string of the molecule is CN1CCN(CC(=O)c2ccc(OCC3CCCNC3)cc2)CC1.Cl. The molecule has 0 aliphatic carbocycles. The lowest BCUT2D eigenvalue weighted by Gasteiger charge is -2.31. The van der Waals surface area contributed by atoms with E-state index in [4.69, 9.17) is 4.74 Å². The monoisotopic (exact) mass is 367 g/mol. The Morgan fingerprint density at radius 1 is 1.20 bits per heavy atom. The van der Waals surface area contributed by atoms with Gasteiger partial charge in [0.2, 0.25) is 0 Å². The number of carbonyl (C=O) groups excluding carboxylic acids is 1. The van der Waals surface area contributed by atoms with E-state index in [9.17, 15) is 4.79 Å². The summed E-state index contributed by atoms with van der Waals surface area (Å²) < 4.78 is 5.87. The summed E-state index contributed by atoms with van der Waals surface area (Å²) in [6.07, 6.45) is 2.46. The molecule has 2 aliphatic rings. The van der Waals surface area contributed by atoms with Crippen LogP contribution in [0.1, 0.15) is 23.2 Å². The number of Topliss-reactive ketones (excluding diaryl/α,β-unsaturated/α-hetero) is 1. The summed E-state index contributed by atoms with van der Waals surface area (Å²) in [6, 6.07) is 7.64. The Morgan fingerprint density at radius 3 is 2.56 bits per heavy atom. The van der Waals surface area contributed by atoms with Gasteiger partial charge < -0.3 is 15.0 Å². The molecular weight excluding hydrogens is 338 g/mol. The van der Waals surface area contributed by atoms with Crippen molar-refractivity contribution in [3.05, 3.63) is 29.8 Å². The topological polar surface area (TPSA) is 44.8 Å². The van der Waals surface area contributed by atoms with Crippen molar-refractivity contribution in [1.82, 2.24) is 15.1 Å². The molecule has 1 atom stereocenters. The predicted molar refractivity (Wildman–Crippen MR) is 103 cm³/mol. The third-order valence-corrected chi connectivity index (χ3v) is 5.02. The van der Waals surface area contributed by atoms with E-state index in [-0.39, 0.29) is 18.2 Å². The van der Waals surface area contributed by atoms with E-state index in [1.165, 1.54) is 12.8 Å². The van der Waals surface area contributed by atoms with Crippen molar-refractivity contribution in [1.29, 1.82) is 0 Å². The van der Waals surface area contributed by atoms with Crippen molar-refractivity contribution in [2.24, 2.45) is 5.92 Å². The Morgan fingerprint density at radius 2 is 1.92 bits per heavy atom. The first kappa shape index (κ1) is 20.2. The molecule has 140 valence electrons.